The van der Waals surface area contributed by atoms with E-state index in [4.69, 9.17) is 0 Å². The predicted molar refractivity (Wildman–Crippen MR) is 115 cm³/mol. The number of aryl methyl sites for hydroxylation is 1. The Hall–Kier alpha value is -3.18. The summed E-state index contributed by atoms with van der Waals surface area (Å²) in [5.41, 5.74) is 3.59. The molecule has 1 aliphatic rings. The number of alkyl halides is 3. The number of aliphatic hydroxyl groups is 1. The van der Waals surface area contributed by atoms with E-state index in [-0.39, 0.29) is 29.5 Å². The van der Waals surface area contributed by atoms with Crippen molar-refractivity contribution in [2.24, 2.45) is 7.05 Å². The van der Waals surface area contributed by atoms with Gasteiger partial charge in [0.15, 0.2) is 6.17 Å². The summed E-state index contributed by atoms with van der Waals surface area (Å²) in [6.07, 6.45) is -5.35. The molecule has 0 radical (unpaired) electrons. The molecular weight excluding hydrogens is 434 g/mol. The van der Waals surface area contributed by atoms with Crippen LogP contribution in [-0.2, 0) is 19.9 Å². The first-order valence-electron chi connectivity index (χ1n) is 10.6. The normalized spacial score (nSPS) is 19.2. The number of nitriles is 1. The summed E-state index contributed by atoms with van der Waals surface area (Å²) in [6.45, 7) is 2.89. The van der Waals surface area contributed by atoms with Gasteiger partial charge in [-0.15, -0.1) is 0 Å². The molecule has 4 unspecified atom stereocenters. The average molecular weight is 457 g/mol. The van der Waals surface area contributed by atoms with Gasteiger partial charge < -0.3 is 5.11 Å². The zero-order valence-electron chi connectivity index (χ0n) is 18.4. The van der Waals surface area contributed by atoms with Crippen molar-refractivity contribution in [2.75, 3.05) is 0 Å². The maximum Gasteiger partial charge on any atom is 0.156 e. The largest absolute Gasteiger partial charge is 0.385 e. The van der Waals surface area contributed by atoms with Crippen LogP contribution < -0.4 is 0 Å². The van der Waals surface area contributed by atoms with Crippen LogP contribution in [0.25, 0.3) is 11.1 Å². The van der Waals surface area contributed by atoms with Crippen molar-refractivity contribution in [3.05, 3.63) is 75.4 Å². The minimum Gasteiger partial charge on any atom is -0.385 e. The van der Waals surface area contributed by atoms with E-state index in [9.17, 15) is 27.9 Å². The molecule has 33 heavy (non-hydrogen) atoms. The number of hydrogen-bond acceptors (Lipinski definition) is 3. The highest BCUT2D eigenvalue weighted by Crippen LogP contribution is 2.43. The second-order valence-electron chi connectivity index (χ2n) is 8.49. The Bertz CT molecular complexity index is 1260. The molecule has 0 amide bonds. The van der Waals surface area contributed by atoms with E-state index in [1.807, 2.05) is 13.0 Å². The first-order valence-corrected chi connectivity index (χ1v) is 10.6. The molecule has 0 bridgehead atoms. The molecule has 0 aliphatic heterocycles. The first-order chi connectivity index (χ1) is 15.6. The lowest BCUT2D eigenvalue weighted by atomic mass is 9.87. The number of hydrogen-bond donors (Lipinski definition) is 1. The van der Waals surface area contributed by atoms with Gasteiger partial charge in [-0.1, -0.05) is 12.1 Å². The van der Waals surface area contributed by atoms with Crippen molar-refractivity contribution >= 4 is 0 Å². The molecule has 4 atom stereocenters. The standard InChI is InChI=1S/C25H23F4N3O/c1-12(26)24(29)20-8-16(27)6-15(10-30)18(20)7-14-4-5-17(21-11-31-32(3)13(21)2)23-19(14)9-22(28)25(23)33/h4-6,8,11-12,22,24-25,33H,7,9H2,1-3H3. The van der Waals surface area contributed by atoms with Crippen LogP contribution in [0.4, 0.5) is 17.6 Å². The Morgan fingerprint density at radius 3 is 2.61 bits per heavy atom. The van der Waals surface area contributed by atoms with E-state index in [0.29, 0.717) is 22.3 Å². The Morgan fingerprint density at radius 1 is 1.27 bits per heavy atom. The third-order valence-electron chi connectivity index (χ3n) is 6.45. The van der Waals surface area contributed by atoms with Gasteiger partial charge in [0.05, 0.1) is 17.8 Å². The zero-order valence-corrected chi connectivity index (χ0v) is 18.4. The molecule has 1 N–H and O–H groups in total. The van der Waals surface area contributed by atoms with Gasteiger partial charge in [-0.2, -0.15) is 10.4 Å². The molecule has 0 saturated carbocycles. The number of benzene rings is 2. The van der Waals surface area contributed by atoms with E-state index in [1.54, 1.807) is 30.1 Å². The van der Waals surface area contributed by atoms with Crippen LogP contribution in [0.1, 0.15) is 58.3 Å². The molecule has 4 nitrogen and oxygen atoms in total. The minimum absolute atomic E-state index is 0.0281. The Morgan fingerprint density at radius 2 is 2.00 bits per heavy atom. The third kappa shape index (κ3) is 3.91. The molecule has 0 saturated heterocycles. The quantitative estimate of drug-likeness (QED) is 0.530. The second kappa shape index (κ2) is 8.64. The number of aromatic nitrogens is 2. The van der Waals surface area contributed by atoms with Gasteiger partial charge in [-0.05, 0) is 65.8 Å². The fourth-order valence-electron chi connectivity index (χ4n) is 4.58. The van der Waals surface area contributed by atoms with Crippen LogP contribution in [0.5, 0.6) is 0 Å². The Balaban J connectivity index is 1.88. The number of fused-ring (bicyclic) bond motifs is 1. The molecule has 172 valence electrons. The number of rotatable bonds is 5. The van der Waals surface area contributed by atoms with Gasteiger partial charge in [0.25, 0.3) is 0 Å². The van der Waals surface area contributed by atoms with Gasteiger partial charge in [0.1, 0.15) is 24.3 Å². The van der Waals surface area contributed by atoms with Crippen molar-refractivity contribution < 1.29 is 22.7 Å². The molecule has 2 aromatic carbocycles. The monoisotopic (exact) mass is 457 g/mol. The smallest absolute Gasteiger partial charge is 0.156 e. The SMILES string of the molecule is Cc1c(-c2ccc(Cc3c(C#N)cc(F)cc3C(F)C(C)F)c3c2C(O)C(F)C3)cnn1C. The highest BCUT2D eigenvalue weighted by molar-refractivity contribution is 5.73. The number of nitrogens with zero attached hydrogens (tertiary/aromatic N) is 3. The maximum atomic E-state index is 14.7. The lowest BCUT2D eigenvalue weighted by Gasteiger charge is -2.19. The van der Waals surface area contributed by atoms with Crippen LogP contribution in [0.15, 0.2) is 30.5 Å². The average Bonchev–Trinajstić information content (AvgIpc) is 3.27. The third-order valence-corrected chi connectivity index (χ3v) is 6.45. The van der Waals surface area contributed by atoms with Crippen molar-refractivity contribution in [1.29, 1.82) is 5.26 Å². The molecule has 4 rings (SSSR count). The van der Waals surface area contributed by atoms with Gasteiger partial charge >= 0.3 is 0 Å². The van der Waals surface area contributed by atoms with Gasteiger partial charge in [-0.3, -0.25) is 4.68 Å². The van der Waals surface area contributed by atoms with Crippen LogP contribution in [0.2, 0.25) is 0 Å². The van der Waals surface area contributed by atoms with Crippen LogP contribution in [0, 0.1) is 24.1 Å². The fourth-order valence-corrected chi connectivity index (χ4v) is 4.58. The fraction of sp³-hybridized carbons (Fsp3) is 0.360. The second-order valence-corrected chi connectivity index (χ2v) is 8.49. The summed E-state index contributed by atoms with van der Waals surface area (Å²) in [5, 5.41) is 24.4. The molecule has 0 fully saturated rings. The molecule has 1 heterocycles. The summed E-state index contributed by atoms with van der Waals surface area (Å²) in [7, 11) is 1.78. The van der Waals surface area contributed by atoms with Crippen molar-refractivity contribution in [1.82, 2.24) is 9.78 Å². The minimum atomic E-state index is -2.12. The van der Waals surface area contributed by atoms with Crippen LogP contribution >= 0.6 is 0 Å². The van der Waals surface area contributed by atoms with Crippen LogP contribution in [-0.4, -0.2) is 27.2 Å². The van der Waals surface area contributed by atoms with Crippen LogP contribution in [0.3, 0.4) is 0 Å². The molecule has 3 aromatic rings. The van der Waals surface area contributed by atoms with Crippen molar-refractivity contribution in [2.45, 2.75) is 51.3 Å². The van der Waals surface area contributed by atoms with Crippen molar-refractivity contribution in [3.8, 4) is 17.2 Å². The van der Waals surface area contributed by atoms with E-state index >= 15 is 0 Å². The van der Waals surface area contributed by atoms with E-state index in [2.05, 4.69) is 5.10 Å². The molecule has 8 heteroatoms. The topological polar surface area (TPSA) is 61.8 Å². The molecule has 1 aliphatic carbocycles. The van der Waals surface area contributed by atoms with E-state index in [1.165, 1.54) is 0 Å². The Kier molecular flexibility index (Phi) is 6.02. The highest BCUT2D eigenvalue weighted by atomic mass is 19.2. The highest BCUT2D eigenvalue weighted by Gasteiger charge is 2.36. The lowest BCUT2D eigenvalue weighted by molar-refractivity contribution is 0.0929. The van der Waals surface area contributed by atoms with E-state index < -0.39 is 30.4 Å². The van der Waals surface area contributed by atoms with Gasteiger partial charge in [0, 0.05) is 24.7 Å². The predicted octanol–water partition coefficient (Wildman–Crippen LogP) is 5.29. The zero-order chi connectivity index (χ0) is 24.0. The maximum absolute atomic E-state index is 14.7. The lowest BCUT2D eigenvalue weighted by Crippen LogP contribution is -2.11. The van der Waals surface area contributed by atoms with E-state index in [0.717, 1.165) is 30.3 Å². The molecule has 0 spiro atoms. The van der Waals surface area contributed by atoms with Gasteiger partial charge in [0.2, 0.25) is 0 Å². The summed E-state index contributed by atoms with van der Waals surface area (Å²) < 4.78 is 58.8. The molecular formula is C25H23F4N3O. The summed E-state index contributed by atoms with van der Waals surface area (Å²) in [5.74, 6) is -0.833. The van der Waals surface area contributed by atoms with Gasteiger partial charge in [-0.25, -0.2) is 17.6 Å². The number of halogens is 4. The first kappa shape index (κ1) is 23.0. The summed E-state index contributed by atoms with van der Waals surface area (Å²) in [4.78, 5) is 0. The Labute approximate surface area is 189 Å². The summed E-state index contributed by atoms with van der Waals surface area (Å²) >= 11 is 0. The van der Waals surface area contributed by atoms with Crippen molar-refractivity contribution in [3.63, 3.8) is 0 Å². The molecule has 1 aromatic heterocycles. The summed E-state index contributed by atoms with van der Waals surface area (Å²) in [6, 6.07) is 7.20. The number of aliphatic hydroxyl groups excluding tert-OH is 1.